The van der Waals surface area contributed by atoms with E-state index in [1.807, 2.05) is 37.3 Å². The monoisotopic (exact) mass is 344 g/mol. The summed E-state index contributed by atoms with van der Waals surface area (Å²) >= 11 is 3.47. The third-order valence-electron chi connectivity index (χ3n) is 3.76. The van der Waals surface area contributed by atoms with Crippen molar-refractivity contribution < 1.29 is 4.79 Å². The van der Waals surface area contributed by atoms with Crippen LogP contribution in [0.3, 0.4) is 0 Å². The second-order valence-electron chi connectivity index (χ2n) is 5.31. The number of amides is 1. The number of nitrogens with one attached hydrogen (secondary N) is 2. The Morgan fingerprint density at radius 3 is 2.95 bits per heavy atom. The summed E-state index contributed by atoms with van der Waals surface area (Å²) < 4.78 is 0.825. The van der Waals surface area contributed by atoms with E-state index in [0.29, 0.717) is 5.56 Å². The molecule has 2 aromatic rings. The lowest BCUT2D eigenvalue weighted by Gasteiger charge is -2.20. The maximum atomic E-state index is 12.5. The number of anilines is 1. The number of hydrogen-bond acceptors (Lipinski definition) is 2. The number of carbonyl (C=O) groups is 1. The molecule has 2 N–H and O–H groups in total. The van der Waals surface area contributed by atoms with Gasteiger partial charge in [0.25, 0.3) is 5.91 Å². The summed E-state index contributed by atoms with van der Waals surface area (Å²) in [6.07, 6.45) is 0.945. The molecule has 2 aromatic carbocycles. The van der Waals surface area contributed by atoms with E-state index in [1.165, 1.54) is 11.1 Å². The zero-order chi connectivity index (χ0) is 14.8. The van der Waals surface area contributed by atoms with E-state index in [2.05, 4.69) is 32.6 Å². The summed E-state index contributed by atoms with van der Waals surface area (Å²) in [5.41, 5.74) is 5.22. The summed E-state index contributed by atoms with van der Waals surface area (Å²) in [6, 6.07) is 11.8. The van der Waals surface area contributed by atoms with E-state index < -0.39 is 0 Å². The molecule has 0 aliphatic carbocycles. The van der Waals surface area contributed by atoms with Crippen LogP contribution in [0.25, 0.3) is 0 Å². The van der Waals surface area contributed by atoms with Crippen LogP contribution in [0, 0.1) is 6.92 Å². The second-order valence-corrected chi connectivity index (χ2v) is 6.16. The average molecular weight is 345 g/mol. The molecule has 21 heavy (non-hydrogen) atoms. The van der Waals surface area contributed by atoms with Crippen LogP contribution in [0.15, 0.2) is 40.9 Å². The van der Waals surface area contributed by atoms with Gasteiger partial charge < -0.3 is 10.6 Å². The molecule has 0 bridgehead atoms. The fraction of sp³-hybridized carbons (Fsp3) is 0.235. The van der Waals surface area contributed by atoms with Crippen LogP contribution in [-0.2, 0) is 13.0 Å². The van der Waals surface area contributed by atoms with Crippen molar-refractivity contribution in [3.05, 3.63) is 63.1 Å². The van der Waals surface area contributed by atoms with E-state index >= 15 is 0 Å². The first kappa shape index (κ1) is 14.3. The number of benzene rings is 2. The summed E-state index contributed by atoms with van der Waals surface area (Å²) in [6.45, 7) is 3.83. The summed E-state index contributed by atoms with van der Waals surface area (Å²) in [7, 11) is 0. The van der Waals surface area contributed by atoms with Crippen molar-refractivity contribution in [2.24, 2.45) is 0 Å². The number of hydrogen-bond donors (Lipinski definition) is 2. The molecule has 0 saturated heterocycles. The fourth-order valence-electron chi connectivity index (χ4n) is 2.64. The van der Waals surface area contributed by atoms with E-state index in [0.717, 1.165) is 35.2 Å². The van der Waals surface area contributed by atoms with Crippen molar-refractivity contribution in [2.75, 3.05) is 11.9 Å². The number of halogens is 1. The highest BCUT2D eigenvalue weighted by Crippen LogP contribution is 2.25. The molecule has 0 fully saturated rings. The highest BCUT2D eigenvalue weighted by atomic mass is 79.9. The molecule has 4 heteroatoms. The molecule has 3 nitrogen and oxygen atoms in total. The van der Waals surface area contributed by atoms with Crippen molar-refractivity contribution >= 4 is 27.5 Å². The first-order chi connectivity index (χ1) is 10.1. The van der Waals surface area contributed by atoms with E-state index in [-0.39, 0.29) is 5.91 Å². The van der Waals surface area contributed by atoms with Crippen molar-refractivity contribution in [3.8, 4) is 0 Å². The molecular weight excluding hydrogens is 328 g/mol. The first-order valence-electron chi connectivity index (χ1n) is 7.04. The molecule has 1 heterocycles. The lowest BCUT2D eigenvalue weighted by atomic mass is 9.99. The van der Waals surface area contributed by atoms with Gasteiger partial charge in [0.1, 0.15) is 0 Å². The van der Waals surface area contributed by atoms with Gasteiger partial charge in [-0.2, -0.15) is 0 Å². The zero-order valence-corrected chi connectivity index (χ0v) is 13.5. The maximum absolute atomic E-state index is 12.5. The molecule has 0 atom stereocenters. The Balaban J connectivity index is 1.88. The number of aryl methyl sites for hydroxylation is 1. The average Bonchev–Trinajstić information content (AvgIpc) is 2.47. The lowest BCUT2D eigenvalue weighted by molar-refractivity contribution is 0.102. The van der Waals surface area contributed by atoms with E-state index in [4.69, 9.17) is 0 Å². The molecule has 0 aromatic heterocycles. The SMILES string of the molecule is Cc1ccc(C(=O)Nc2cccc3c2CCNC3)c(Br)c1. The molecule has 0 saturated carbocycles. The van der Waals surface area contributed by atoms with Crippen molar-refractivity contribution in [2.45, 2.75) is 19.9 Å². The Kier molecular flexibility index (Phi) is 4.08. The Hall–Kier alpha value is -1.65. The minimum absolute atomic E-state index is 0.0752. The number of fused-ring (bicyclic) bond motifs is 1. The summed E-state index contributed by atoms with van der Waals surface area (Å²) in [4.78, 5) is 12.5. The van der Waals surface area contributed by atoms with Gasteiger partial charge in [0.05, 0.1) is 5.56 Å². The smallest absolute Gasteiger partial charge is 0.256 e. The van der Waals surface area contributed by atoms with Crippen LogP contribution >= 0.6 is 15.9 Å². The minimum Gasteiger partial charge on any atom is -0.322 e. The minimum atomic E-state index is -0.0752. The van der Waals surface area contributed by atoms with Gasteiger partial charge in [-0.3, -0.25) is 4.79 Å². The third-order valence-corrected chi connectivity index (χ3v) is 4.41. The standard InChI is InChI=1S/C17H17BrN2O/c1-11-5-6-14(15(18)9-11)17(21)20-16-4-2-3-12-10-19-8-7-13(12)16/h2-6,9,19H,7-8,10H2,1H3,(H,20,21). The largest absolute Gasteiger partial charge is 0.322 e. The zero-order valence-electron chi connectivity index (χ0n) is 11.9. The van der Waals surface area contributed by atoms with Crippen molar-refractivity contribution in [1.29, 1.82) is 0 Å². The second kappa shape index (κ2) is 6.00. The van der Waals surface area contributed by atoms with Crippen LogP contribution in [0.4, 0.5) is 5.69 Å². The quantitative estimate of drug-likeness (QED) is 0.872. The topological polar surface area (TPSA) is 41.1 Å². The van der Waals surface area contributed by atoms with Gasteiger partial charge in [-0.1, -0.05) is 18.2 Å². The van der Waals surface area contributed by atoms with Gasteiger partial charge in [0.15, 0.2) is 0 Å². The van der Waals surface area contributed by atoms with Crippen LogP contribution in [0.2, 0.25) is 0 Å². The number of carbonyl (C=O) groups excluding carboxylic acids is 1. The van der Waals surface area contributed by atoms with Crippen LogP contribution in [-0.4, -0.2) is 12.5 Å². The van der Waals surface area contributed by atoms with Crippen LogP contribution < -0.4 is 10.6 Å². The summed E-state index contributed by atoms with van der Waals surface area (Å²) in [5, 5.41) is 6.40. The summed E-state index contributed by atoms with van der Waals surface area (Å²) in [5.74, 6) is -0.0752. The first-order valence-corrected chi connectivity index (χ1v) is 7.83. The van der Waals surface area contributed by atoms with Crippen LogP contribution in [0.1, 0.15) is 27.0 Å². The van der Waals surface area contributed by atoms with Gasteiger partial charge in [-0.25, -0.2) is 0 Å². The highest BCUT2D eigenvalue weighted by Gasteiger charge is 2.16. The molecule has 0 unspecified atom stereocenters. The highest BCUT2D eigenvalue weighted by molar-refractivity contribution is 9.10. The predicted molar refractivity (Wildman–Crippen MR) is 88.7 cm³/mol. The molecule has 3 rings (SSSR count). The molecule has 0 radical (unpaired) electrons. The molecular formula is C17H17BrN2O. The van der Waals surface area contributed by atoms with Crippen molar-refractivity contribution in [1.82, 2.24) is 5.32 Å². The van der Waals surface area contributed by atoms with Gasteiger partial charge in [-0.05, 0) is 70.7 Å². The van der Waals surface area contributed by atoms with Gasteiger partial charge in [0, 0.05) is 16.7 Å². The Morgan fingerprint density at radius 1 is 1.29 bits per heavy atom. The predicted octanol–water partition coefficient (Wildman–Crippen LogP) is 3.66. The van der Waals surface area contributed by atoms with Gasteiger partial charge in [-0.15, -0.1) is 0 Å². The Bertz CT molecular complexity index is 697. The molecule has 108 valence electrons. The molecule has 1 aliphatic heterocycles. The number of rotatable bonds is 2. The maximum Gasteiger partial charge on any atom is 0.256 e. The van der Waals surface area contributed by atoms with Gasteiger partial charge in [0.2, 0.25) is 0 Å². The molecule has 1 aliphatic rings. The Labute approximate surface area is 132 Å². The van der Waals surface area contributed by atoms with Crippen molar-refractivity contribution in [3.63, 3.8) is 0 Å². The van der Waals surface area contributed by atoms with E-state index in [1.54, 1.807) is 0 Å². The molecule has 1 amide bonds. The van der Waals surface area contributed by atoms with Gasteiger partial charge >= 0.3 is 0 Å². The van der Waals surface area contributed by atoms with E-state index in [9.17, 15) is 4.79 Å². The van der Waals surface area contributed by atoms with Crippen LogP contribution in [0.5, 0.6) is 0 Å². The normalized spacial score (nSPS) is 13.6. The third kappa shape index (κ3) is 3.01. The Morgan fingerprint density at radius 2 is 2.14 bits per heavy atom. The fourth-order valence-corrected chi connectivity index (χ4v) is 3.32. The molecule has 0 spiro atoms. The lowest BCUT2D eigenvalue weighted by Crippen LogP contribution is -2.25.